The normalized spacial score (nSPS) is 12.1. The van der Waals surface area contributed by atoms with E-state index in [1.807, 2.05) is 0 Å². The van der Waals surface area contributed by atoms with Crippen molar-refractivity contribution in [3.63, 3.8) is 0 Å². The molecule has 0 saturated carbocycles. The summed E-state index contributed by atoms with van der Waals surface area (Å²) in [6.07, 6.45) is 0.714. The Kier molecular flexibility index (Phi) is 6.65. The van der Waals surface area contributed by atoms with Crippen LogP contribution >= 0.6 is 0 Å². The summed E-state index contributed by atoms with van der Waals surface area (Å²) in [6, 6.07) is 0. The van der Waals surface area contributed by atoms with Gasteiger partial charge in [0.15, 0.2) is 0 Å². The molecule has 0 amide bonds. The van der Waals surface area contributed by atoms with Crippen LogP contribution in [0.1, 0.15) is 26.2 Å². The number of carboxylic acid groups (broad SMARTS) is 1. The van der Waals surface area contributed by atoms with Gasteiger partial charge in [0.2, 0.25) is 0 Å². The molecule has 0 saturated heterocycles. The van der Waals surface area contributed by atoms with Gasteiger partial charge < -0.3 is 10.2 Å². The highest BCUT2D eigenvalue weighted by Gasteiger charge is 2.06. The van der Waals surface area contributed by atoms with Crippen molar-refractivity contribution in [2.24, 2.45) is 5.29 Å². The second kappa shape index (κ2) is 7.25. The van der Waals surface area contributed by atoms with Crippen LogP contribution in [-0.2, 0) is 4.79 Å². The van der Waals surface area contributed by atoms with Crippen molar-refractivity contribution in [1.82, 2.24) is 5.01 Å². The number of hydrogen-bond acceptors (Lipinski definition) is 4. The summed E-state index contributed by atoms with van der Waals surface area (Å²) in [4.78, 5) is 20.4. The summed E-state index contributed by atoms with van der Waals surface area (Å²) in [5.41, 5.74) is 0. The number of carboxylic acids is 1. The van der Waals surface area contributed by atoms with Gasteiger partial charge in [-0.2, -0.15) is 0 Å². The zero-order chi connectivity index (χ0) is 11.0. The van der Waals surface area contributed by atoms with Crippen LogP contribution in [0.5, 0.6) is 0 Å². The number of aliphatic hydroxyl groups is 1. The van der Waals surface area contributed by atoms with E-state index in [4.69, 9.17) is 10.2 Å². The first-order valence-corrected chi connectivity index (χ1v) is 4.54. The van der Waals surface area contributed by atoms with Gasteiger partial charge in [-0.05, 0) is 19.8 Å². The van der Waals surface area contributed by atoms with E-state index < -0.39 is 12.1 Å². The highest BCUT2D eigenvalue weighted by atomic mass is 16.4. The molecule has 0 radical (unpaired) electrons. The van der Waals surface area contributed by atoms with Crippen LogP contribution in [0.25, 0.3) is 0 Å². The minimum Gasteiger partial charge on any atom is -0.481 e. The molecule has 1 atom stereocenters. The zero-order valence-electron chi connectivity index (χ0n) is 8.22. The van der Waals surface area contributed by atoms with E-state index in [0.29, 0.717) is 19.4 Å². The highest BCUT2D eigenvalue weighted by Crippen LogP contribution is 2.00. The van der Waals surface area contributed by atoms with E-state index in [2.05, 4.69) is 5.29 Å². The standard InChI is InChI=1S/C8H16N2O4/c1-7(11)3-2-5-10(9-14)6-4-8(12)13/h7,11H,2-6H2,1H3,(H,12,13). The average Bonchev–Trinajstić information content (AvgIpc) is 2.10. The summed E-state index contributed by atoms with van der Waals surface area (Å²) in [7, 11) is 0. The molecule has 0 rings (SSSR count). The number of aliphatic carboxylic acids is 1. The fraction of sp³-hybridized carbons (Fsp3) is 0.875. The molecule has 0 aromatic heterocycles. The third-order valence-electron chi connectivity index (χ3n) is 1.74. The second-order valence-corrected chi connectivity index (χ2v) is 3.17. The Bertz CT molecular complexity index is 184. The predicted octanol–water partition coefficient (Wildman–Crippen LogP) is 0.605. The zero-order valence-corrected chi connectivity index (χ0v) is 8.22. The summed E-state index contributed by atoms with van der Waals surface area (Å²) in [5, 5.41) is 21.2. The Labute approximate surface area is 82.5 Å². The Morgan fingerprint density at radius 1 is 1.50 bits per heavy atom. The van der Waals surface area contributed by atoms with Gasteiger partial charge in [0.05, 0.1) is 17.8 Å². The number of nitrogens with zero attached hydrogens (tertiary/aromatic N) is 2. The first-order chi connectivity index (χ1) is 6.56. The molecule has 0 aliphatic heterocycles. The maximum Gasteiger partial charge on any atom is 0.305 e. The van der Waals surface area contributed by atoms with Gasteiger partial charge in [-0.25, -0.2) is 0 Å². The molecular weight excluding hydrogens is 188 g/mol. The first kappa shape index (κ1) is 12.8. The Hall–Kier alpha value is -1.17. The Balaban J connectivity index is 3.58. The lowest BCUT2D eigenvalue weighted by molar-refractivity contribution is -0.137. The quantitative estimate of drug-likeness (QED) is 0.446. The van der Waals surface area contributed by atoms with Crippen LogP contribution in [0.15, 0.2) is 5.29 Å². The topological polar surface area (TPSA) is 90.2 Å². The Morgan fingerprint density at radius 2 is 2.14 bits per heavy atom. The van der Waals surface area contributed by atoms with E-state index in [-0.39, 0.29) is 13.0 Å². The van der Waals surface area contributed by atoms with Crippen molar-refractivity contribution in [2.75, 3.05) is 13.1 Å². The average molecular weight is 204 g/mol. The van der Waals surface area contributed by atoms with E-state index in [1.165, 1.54) is 0 Å². The van der Waals surface area contributed by atoms with Gasteiger partial charge >= 0.3 is 5.97 Å². The molecule has 0 spiro atoms. The van der Waals surface area contributed by atoms with Crippen LogP contribution in [0.3, 0.4) is 0 Å². The van der Waals surface area contributed by atoms with Crippen molar-refractivity contribution >= 4 is 5.97 Å². The molecule has 6 nitrogen and oxygen atoms in total. The molecular formula is C8H16N2O4. The van der Waals surface area contributed by atoms with E-state index in [0.717, 1.165) is 5.01 Å². The molecule has 6 heteroatoms. The maximum atomic E-state index is 10.2. The van der Waals surface area contributed by atoms with Crippen molar-refractivity contribution < 1.29 is 15.0 Å². The molecule has 0 heterocycles. The third-order valence-corrected chi connectivity index (χ3v) is 1.74. The number of aliphatic hydroxyl groups excluding tert-OH is 1. The second-order valence-electron chi connectivity index (χ2n) is 3.17. The molecule has 0 bridgehead atoms. The summed E-state index contributed by atoms with van der Waals surface area (Å²) in [6.45, 7) is 2.18. The maximum absolute atomic E-state index is 10.2. The molecule has 0 aliphatic carbocycles. The summed E-state index contributed by atoms with van der Waals surface area (Å²) in [5.74, 6) is -0.950. The lowest BCUT2D eigenvalue weighted by atomic mass is 10.2. The molecule has 0 fully saturated rings. The van der Waals surface area contributed by atoms with Gasteiger partial charge in [-0.15, -0.1) is 4.91 Å². The molecule has 2 N–H and O–H groups in total. The van der Waals surface area contributed by atoms with Crippen LogP contribution in [0.4, 0.5) is 0 Å². The molecule has 1 unspecified atom stereocenters. The van der Waals surface area contributed by atoms with Gasteiger partial charge in [0.25, 0.3) is 0 Å². The summed E-state index contributed by atoms with van der Waals surface area (Å²) < 4.78 is 0. The largest absolute Gasteiger partial charge is 0.481 e. The monoisotopic (exact) mass is 204 g/mol. The Morgan fingerprint density at radius 3 is 2.57 bits per heavy atom. The van der Waals surface area contributed by atoms with E-state index in [1.54, 1.807) is 6.92 Å². The van der Waals surface area contributed by atoms with E-state index >= 15 is 0 Å². The number of carbonyl (C=O) groups is 1. The van der Waals surface area contributed by atoms with Gasteiger partial charge in [0.1, 0.15) is 0 Å². The molecule has 82 valence electrons. The SMILES string of the molecule is CC(O)CCCN(CCC(=O)O)N=O. The van der Waals surface area contributed by atoms with Crippen molar-refractivity contribution in [1.29, 1.82) is 0 Å². The van der Waals surface area contributed by atoms with E-state index in [9.17, 15) is 9.70 Å². The number of nitroso groups, excluding NO2 is 1. The fourth-order valence-corrected chi connectivity index (χ4v) is 0.987. The minimum absolute atomic E-state index is 0.0968. The van der Waals surface area contributed by atoms with Gasteiger partial charge in [-0.3, -0.25) is 9.80 Å². The first-order valence-electron chi connectivity index (χ1n) is 4.54. The highest BCUT2D eigenvalue weighted by molar-refractivity contribution is 5.66. The minimum atomic E-state index is -0.950. The van der Waals surface area contributed by atoms with Crippen molar-refractivity contribution in [3.05, 3.63) is 4.91 Å². The fourth-order valence-electron chi connectivity index (χ4n) is 0.987. The molecule has 0 aromatic carbocycles. The van der Waals surface area contributed by atoms with Crippen molar-refractivity contribution in [3.8, 4) is 0 Å². The number of hydrogen-bond donors (Lipinski definition) is 2. The summed E-state index contributed by atoms with van der Waals surface area (Å²) >= 11 is 0. The third kappa shape index (κ3) is 7.48. The van der Waals surface area contributed by atoms with Crippen LogP contribution in [0.2, 0.25) is 0 Å². The van der Waals surface area contributed by atoms with Crippen LogP contribution < -0.4 is 0 Å². The van der Waals surface area contributed by atoms with Crippen LogP contribution in [-0.4, -0.2) is 40.4 Å². The van der Waals surface area contributed by atoms with Gasteiger partial charge in [-0.1, -0.05) is 0 Å². The smallest absolute Gasteiger partial charge is 0.305 e. The molecule has 0 aliphatic rings. The lowest BCUT2D eigenvalue weighted by Crippen LogP contribution is -2.22. The number of rotatable bonds is 8. The van der Waals surface area contributed by atoms with Crippen LogP contribution in [0, 0.1) is 4.91 Å². The molecule has 0 aromatic rings. The van der Waals surface area contributed by atoms with Gasteiger partial charge in [0, 0.05) is 13.1 Å². The predicted molar refractivity (Wildman–Crippen MR) is 50.5 cm³/mol. The van der Waals surface area contributed by atoms with Crippen molar-refractivity contribution in [2.45, 2.75) is 32.3 Å². The lowest BCUT2D eigenvalue weighted by Gasteiger charge is -2.13. The molecule has 14 heavy (non-hydrogen) atoms.